The molecule has 1 atom stereocenters. The van der Waals surface area contributed by atoms with E-state index in [0.717, 1.165) is 48.0 Å². The van der Waals surface area contributed by atoms with E-state index < -0.39 is 0 Å². The summed E-state index contributed by atoms with van der Waals surface area (Å²) in [4.78, 5) is 23.1. The molecule has 0 bridgehead atoms. The number of aromatic amines is 1. The van der Waals surface area contributed by atoms with E-state index in [9.17, 15) is 4.79 Å². The number of H-pyrrole nitrogens is 1. The van der Waals surface area contributed by atoms with Gasteiger partial charge in [-0.25, -0.2) is 9.97 Å². The number of hydrogen-bond donors (Lipinski definition) is 1. The number of nitrogens with one attached hydrogen (secondary N) is 1. The van der Waals surface area contributed by atoms with Crippen molar-refractivity contribution in [1.82, 2.24) is 25.1 Å². The van der Waals surface area contributed by atoms with E-state index in [2.05, 4.69) is 20.2 Å². The van der Waals surface area contributed by atoms with E-state index in [-0.39, 0.29) is 18.4 Å². The number of carbonyl (C=O) groups excluding carboxylic acids is 1. The molecule has 7 nitrogen and oxygen atoms in total. The molecule has 0 aromatic carbocycles. The van der Waals surface area contributed by atoms with Crippen LogP contribution < -0.4 is 0 Å². The SMILES string of the molecule is COCC(=O)N1CCCC(c2cc(-c3cc(C)[nH]n3)nc(C)n2)C1. The summed E-state index contributed by atoms with van der Waals surface area (Å²) in [5.41, 5.74) is 3.62. The zero-order valence-corrected chi connectivity index (χ0v) is 14.4. The van der Waals surface area contributed by atoms with Gasteiger partial charge in [0.05, 0.1) is 5.69 Å². The second kappa shape index (κ2) is 7.09. The van der Waals surface area contributed by atoms with Gasteiger partial charge in [0, 0.05) is 37.5 Å². The minimum Gasteiger partial charge on any atom is -0.375 e. The maximum atomic E-state index is 12.1. The van der Waals surface area contributed by atoms with E-state index >= 15 is 0 Å². The normalized spacial score (nSPS) is 18.0. The molecule has 0 radical (unpaired) electrons. The van der Waals surface area contributed by atoms with Crippen LogP contribution in [-0.4, -0.2) is 57.8 Å². The van der Waals surface area contributed by atoms with Crippen molar-refractivity contribution in [1.29, 1.82) is 0 Å². The van der Waals surface area contributed by atoms with Gasteiger partial charge < -0.3 is 9.64 Å². The molecule has 2 aromatic heterocycles. The molecule has 1 saturated heterocycles. The Hall–Kier alpha value is -2.28. The fourth-order valence-electron chi connectivity index (χ4n) is 3.14. The van der Waals surface area contributed by atoms with Gasteiger partial charge in [0.25, 0.3) is 0 Å². The smallest absolute Gasteiger partial charge is 0.248 e. The Balaban J connectivity index is 1.83. The van der Waals surface area contributed by atoms with Crippen LogP contribution in [0.25, 0.3) is 11.4 Å². The molecule has 0 saturated carbocycles. The number of nitrogens with zero attached hydrogens (tertiary/aromatic N) is 4. The lowest BCUT2D eigenvalue weighted by Gasteiger charge is -2.32. The average Bonchev–Trinajstić information content (AvgIpc) is 3.01. The molecule has 3 heterocycles. The van der Waals surface area contributed by atoms with Crippen LogP contribution in [0, 0.1) is 13.8 Å². The van der Waals surface area contributed by atoms with Crippen molar-refractivity contribution < 1.29 is 9.53 Å². The maximum Gasteiger partial charge on any atom is 0.248 e. The number of hydrogen-bond acceptors (Lipinski definition) is 5. The number of likely N-dealkylation sites (tertiary alicyclic amines) is 1. The highest BCUT2D eigenvalue weighted by atomic mass is 16.5. The number of rotatable bonds is 4. The van der Waals surface area contributed by atoms with E-state index in [4.69, 9.17) is 4.74 Å². The zero-order valence-electron chi connectivity index (χ0n) is 14.4. The van der Waals surface area contributed by atoms with Crippen molar-refractivity contribution in [2.24, 2.45) is 0 Å². The van der Waals surface area contributed by atoms with E-state index in [1.807, 2.05) is 30.9 Å². The van der Waals surface area contributed by atoms with Crippen LogP contribution in [0.15, 0.2) is 12.1 Å². The van der Waals surface area contributed by atoms with Crippen molar-refractivity contribution in [2.45, 2.75) is 32.6 Å². The fraction of sp³-hybridized carbons (Fsp3) is 0.529. The van der Waals surface area contributed by atoms with Crippen LogP contribution in [0.2, 0.25) is 0 Å². The van der Waals surface area contributed by atoms with Gasteiger partial charge in [0.2, 0.25) is 5.91 Å². The van der Waals surface area contributed by atoms with Gasteiger partial charge >= 0.3 is 0 Å². The molecule has 128 valence electrons. The zero-order chi connectivity index (χ0) is 17.1. The van der Waals surface area contributed by atoms with Crippen LogP contribution in [0.4, 0.5) is 0 Å². The number of ether oxygens (including phenoxy) is 1. The molecular formula is C17H23N5O2. The van der Waals surface area contributed by atoms with Gasteiger partial charge in [0.15, 0.2) is 0 Å². The summed E-state index contributed by atoms with van der Waals surface area (Å²) in [6.07, 6.45) is 1.99. The summed E-state index contributed by atoms with van der Waals surface area (Å²) in [5.74, 6) is 0.986. The summed E-state index contributed by atoms with van der Waals surface area (Å²) in [5, 5.41) is 7.23. The third-order valence-electron chi connectivity index (χ3n) is 4.29. The average molecular weight is 329 g/mol. The Labute approximate surface area is 141 Å². The molecule has 2 aromatic rings. The molecule has 24 heavy (non-hydrogen) atoms. The second-order valence-corrected chi connectivity index (χ2v) is 6.27. The Morgan fingerprint density at radius 1 is 1.33 bits per heavy atom. The van der Waals surface area contributed by atoms with Crippen LogP contribution in [0.5, 0.6) is 0 Å². The number of aryl methyl sites for hydroxylation is 2. The Kier molecular flexibility index (Phi) is 4.89. The minimum absolute atomic E-state index is 0.0381. The van der Waals surface area contributed by atoms with E-state index in [0.29, 0.717) is 6.54 Å². The van der Waals surface area contributed by atoms with Gasteiger partial charge in [0.1, 0.15) is 18.1 Å². The van der Waals surface area contributed by atoms with Crippen molar-refractivity contribution >= 4 is 5.91 Å². The Morgan fingerprint density at radius 3 is 2.88 bits per heavy atom. The van der Waals surface area contributed by atoms with E-state index in [1.54, 1.807) is 7.11 Å². The predicted molar refractivity (Wildman–Crippen MR) is 89.5 cm³/mol. The topological polar surface area (TPSA) is 84.0 Å². The summed E-state index contributed by atoms with van der Waals surface area (Å²) in [7, 11) is 1.55. The third kappa shape index (κ3) is 3.62. The number of methoxy groups -OCH3 is 1. The Morgan fingerprint density at radius 2 is 2.17 bits per heavy atom. The second-order valence-electron chi connectivity index (χ2n) is 6.27. The quantitative estimate of drug-likeness (QED) is 0.925. The van der Waals surface area contributed by atoms with Gasteiger partial charge in [-0.3, -0.25) is 9.89 Å². The lowest BCUT2D eigenvalue weighted by Crippen LogP contribution is -2.41. The Bertz CT molecular complexity index is 728. The molecule has 1 aliphatic rings. The monoisotopic (exact) mass is 329 g/mol. The van der Waals surface area contributed by atoms with Crippen LogP contribution in [0.3, 0.4) is 0 Å². The highest BCUT2D eigenvalue weighted by molar-refractivity contribution is 5.77. The van der Waals surface area contributed by atoms with Gasteiger partial charge in [-0.2, -0.15) is 5.10 Å². The van der Waals surface area contributed by atoms with Crippen LogP contribution >= 0.6 is 0 Å². The summed E-state index contributed by atoms with van der Waals surface area (Å²) in [6, 6.07) is 3.97. The van der Waals surface area contributed by atoms with Crippen molar-refractivity contribution in [3.8, 4) is 11.4 Å². The number of piperidine rings is 1. The lowest BCUT2D eigenvalue weighted by atomic mass is 9.93. The van der Waals surface area contributed by atoms with Gasteiger partial charge in [-0.15, -0.1) is 0 Å². The van der Waals surface area contributed by atoms with E-state index in [1.165, 1.54) is 0 Å². The summed E-state index contributed by atoms with van der Waals surface area (Å²) < 4.78 is 4.97. The number of carbonyl (C=O) groups is 1. The number of amides is 1. The molecule has 1 aliphatic heterocycles. The third-order valence-corrected chi connectivity index (χ3v) is 4.29. The molecule has 3 rings (SSSR count). The molecule has 1 fully saturated rings. The molecule has 0 spiro atoms. The summed E-state index contributed by atoms with van der Waals surface area (Å²) in [6.45, 7) is 5.45. The molecular weight excluding hydrogens is 306 g/mol. The first-order chi connectivity index (χ1) is 11.6. The number of aromatic nitrogens is 4. The highest BCUT2D eigenvalue weighted by Crippen LogP contribution is 2.28. The van der Waals surface area contributed by atoms with Gasteiger partial charge in [-0.05, 0) is 38.8 Å². The predicted octanol–water partition coefficient (Wildman–Crippen LogP) is 1.84. The standard InChI is InChI=1S/C17H23N5O2/c1-11-7-16(21-20-11)15-8-14(18-12(2)19-15)13-5-4-6-22(9-13)17(23)10-24-3/h7-8,13H,4-6,9-10H2,1-3H3,(H,20,21). The molecule has 7 heteroatoms. The first kappa shape index (κ1) is 16.6. The van der Waals surface area contributed by atoms with Gasteiger partial charge in [-0.1, -0.05) is 0 Å². The first-order valence-electron chi connectivity index (χ1n) is 8.21. The lowest BCUT2D eigenvalue weighted by molar-refractivity contribution is -0.136. The van der Waals surface area contributed by atoms with Crippen molar-refractivity contribution in [3.63, 3.8) is 0 Å². The molecule has 1 amide bonds. The molecule has 1 unspecified atom stereocenters. The van der Waals surface area contributed by atoms with Crippen molar-refractivity contribution in [2.75, 3.05) is 26.8 Å². The largest absolute Gasteiger partial charge is 0.375 e. The summed E-state index contributed by atoms with van der Waals surface area (Å²) >= 11 is 0. The first-order valence-corrected chi connectivity index (χ1v) is 8.21. The fourth-order valence-corrected chi connectivity index (χ4v) is 3.14. The maximum absolute atomic E-state index is 12.1. The van der Waals surface area contributed by atoms with Crippen LogP contribution in [-0.2, 0) is 9.53 Å². The van der Waals surface area contributed by atoms with Crippen molar-refractivity contribution in [3.05, 3.63) is 29.3 Å². The minimum atomic E-state index is 0.0381. The molecule has 0 aliphatic carbocycles. The van der Waals surface area contributed by atoms with Crippen LogP contribution in [0.1, 0.15) is 36.0 Å². The molecule has 1 N–H and O–H groups in total. The highest BCUT2D eigenvalue weighted by Gasteiger charge is 2.26.